The first-order chi connectivity index (χ1) is 17.1. The number of hydrogen-bond donors (Lipinski definition) is 0. The largest absolute Gasteiger partial charge is 0.416 e. The fourth-order valence-corrected chi connectivity index (χ4v) is 5.28. The number of anilines is 2. The van der Waals surface area contributed by atoms with E-state index in [1.807, 2.05) is 24.9 Å². The van der Waals surface area contributed by atoms with E-state index < -0.39 is 11.7 Å². The molecule has 0 aliphatic carbocycles. The molecule has 36 heavy (non-hydrogen) atoms. The highest BCUT2D eigenvalue weighted by Gasteiger charge is 2.40. The third-order valence-corrected chi connectivity index (χ3v) is 7.15. The highest BCUT2D eigenvalue weighted by atomic mass is 19.4. The van der Waals surface area contributed by atoms with Crippen LogP contribution in [0.1, 0.15) is 35.2 Å². The van der Waals surface area contributed by atoms with Crippen LogP contribution in [0.2, 0.25) is 0 Å². The molecule has 2 amide bonds. The maximum atomic E-state index is 14.5. The number of alkyl halides is 3. The van der Waals surface area contributed by atoms with Crippen molar-refractivity contribution in [3.8, 4) is 0 Å². The van der Waals surface area contributed by atoms with Crippen LogP contribution in [-0.4, -0.2) is 39.6 Å². The lowest BCUT2D eigenvalue weighted by molar-refractivity contribution is -0.138. The number of piperidine rings is 1. The summed E-state index contributed by atoms with van der Waals surface area (Å²) in [5.41, 5.74) is 1.46. The van der Waals surface area contributed by atoms with Crippen LogP contribution in [0.5, 0.6) is 0 Å². The minimum absolute atomic E-state index is 0.0154. The number of fused-ring (bicyclic) bond motifs is 1. The summed E-state index contributed by atoms with van der Waals surface area (Å²) < 4.78 is 57.2. The highest BCUT2D eigenvalue weighted by molar-refractivity contribution is 5.93. The number of imidazole rings is 1. The molecule has 1 fully saturated rings. The van der Waals surface area contributed by atoms with Gasteiger partial charge >= 0.3 is 12.2 Å². The molecule has 1 aromatic heterocycles. The van der Waals surface area contributed by atoms with Gasteiger partial charge in [-0.2, -0.15) is 13.2 Å². The molecular weight excluding hydrogens is 474 g/mol. The fourth-order valence-electron chi connectivity index (χ4n) is 5.28. The molecular formula is C26H27F4N5O. The summed E-state index contributed by atoms with van der Waals surface area (Å²) in [5.74, 6) is 0.117. The van der Waals surface area contributed by atoms with E-state index in [0.29, 0.717) is 44.0 Å². The lowest BCUT2D eigenvalue weighted by atomic mass is 10.00. The Morgan fingerprint density at radius 1 is 1.06 bits per heavy atom. The molecule has 6 nitrogen and oxygen atoms in total. The van der Waals surface area contributed by atoms with Gasteiger partial charge in [0.1, 0.15) is 5.82 Å². The zero-order chi connectivity index (χ0) is 25.6. The maximum absolute atomic E-state index is 14.5. The lowest BCUT2D eigenvalue weighted by Gasteiger charge is -2.43. The van der Waals surface area contributed by atoms with Crippen molar-refractivity contribution in [2.45, 2.75) is 45.1 Å². The minimum atomic E-state index is -4.53. The van der Waals surface area contributed by atoms with Crippen LogP contribution in [0.3, 0.4) is 0 Å². The average Bonchev–Trinajstić information content (AvgIpc) is 3.21. The number of urea groups is 1. The smallest absolute Gasteiger partial charge is 0.369 e. The number of carbonyl (C=O) groups excluding carboxylic acids is 1. The van der Waals surface area contributed by atoms with E-state index in [9.17, 15) is 22.4 Å². The molecule has 3 aromatic rings. The SMILES string of the molecule is Cc1cccc(F)c1N1CCC(N2Cc3c(ncn3C)N(Cc3ccccc3C(F)(F)F)C2=O)CC1. The summed E-state index contributed by atoms with van der Waals surface area (Å²) >= 11 is 0. The Kier molecular flexibility index (Phi) is 6.13. The topological polar surface area (TPSA) is 44.6 Å². The molecule has 0 atom stereocenters. The lowest BCUT2D eigenvalue weighted by Crippen LogP contribution is -2.54. The predicted octanol–water partition coefficient (Wildman–Crippen LogP) is 5.50. The van der Waals surface area contributed by atoms with Gasteiger partial charge in [-0.3, -0.25) is 4.90 Å². The summed E-state index contributed by atoms with van der Waals surface area (Å²) in [6.45, 7) is 3.11. The van der Waals surface area contributed by atoms with E-state index in [2.05, 4.69) is 4.98 Å². The van der Waals surface area contributed by atoms with Crippen LogP contribution in [-0.2, 0) is 26.3 Å². The minimum Gasteiger partial charge on any atom is -0.369 e. The van der Waals surface area contributed by atoms with Crippen molar-refractivity contribution in [1.29, 1.82) is 0 Å². The van der Waals surface area contributed by atoms with Gasteiger partial charge in [-0.05, 0) is 43.0 Å². The molecule has 3 heterocycles. The first kappa shape index (κ1) is 24.1. The highest BCUT2D eigenvalue weighted by Crippen LogP contribution is 2.36. The van der Waals surface area contributed by atoms with Crippen LogP contribution in [0, 0.1) is 12.7 Å². The van der Waals surface area contributed by atoms with E-state index in [-0.39, 0.29) is 30.0 Å². The molecule has 0 radical (unpaired) electrons. The van der Waals surface area contributed by atoms with Gasteiger partial charge in [0.25, 0.3) is 0 Å². The van der Waals surface area contributed by atoms with Crippen molar-refractivity contribution in [2.75, 3.05) is 22.9 Å². The molecule has 2 aliphatic heterocycles. The Balaban J connectivity index is 1.40. The summed E-state index contributed by atoms with van der Waals surface area (Å²) in [7, 11) is 1.81. The first-order valence-corrected chi connectivity index (χ1v) is 11.9. The summed E-state index contributed by atoms with van der Waals surface area (Å²) in [6.07, 6.45) is -1.70. The van der Waals surface area contributed by atoms with Crippen molar-refractivity contribution in [3.63, 3.8) is 0 Å². The fraction of sp³-hybridized carbons (Fsp3) is 0.385. The van der Waals surface area contributed by atoms with E-state index in [4.69, 9.17) is 0 Å². The molecule has 1 saturated heterocycles. The van der Waals surface area contributed by atoms with Crippen LogP contribution in [0.25, 0.3) is 0 Å². The van der Waals surface area contributed by atoms with Gasteiger partial charge in [-0.1, -0.05) is 30.3 Å². The van der Waals surface area contributed by atoms with Crippen molar-refractivity contribution >= 4 is 17.5 Å². The molecule has 0 bridgehead atoms. The number of carbonyl (C=O) groups is 1. The average molecular weight is 502 g/mol. The number of aryl methyl sites for hydroxylation is 2. The van der Waals surface area contributed by atoms with Crippen LogP contribution >= 0.6 is 0 Å². The molecule has 10 heteroatoms. The molecule has 0 spiro atoms. The van der Waals surface area contributed by atoms with Crippen molar-refractivity contribution in [3.05, 3.63) is 77.0 Å². The molecule has 2 aromatic carbocycles. The van der Waals surface area contributed by atoms with E-state index in [1.54, 1.807) is 21.9 Å². The quantitative estimate of drug-likeness (QED) is 0.444. The predicted molar refractivity (Wildman–Crippen MR) is 128 cm³/mol. The second-order valence-corrected chi connectivity index (χ2v) is 9.40. The second kappa shape index (κ2) is 9.15. The van der Waals surface area contributed by atoms with Gasteiger partial charge in [0.15, 0.2) is 5.82 Å². The van der Waals surface area contributed by atoms with Crippen molar-refractivity contribution in [1.82, 2.24) is 14.5 Å². The van der Waals surface area contributed by atoms with Crippen molar-refractivity contribution < 1.29 is 22.4 Å². The standard InChI is InChI=1S/C26H27F4N5O/c1-17-6-5-9-21(27)23(17)33-12-10-19(11-13-33)34-15-22-24(31-16-32(22)2)35(25(34)36)14-18-7-3-4-8-20(18)26(28,29)30/h3-9,16,19H,10-15H2,1-2H3. The van der Waals surface area contributed by atoms with Crippen molar-refractivity contribution in [2.24, 2.45) is 7.05 Å². The number of benzene rings is 2. The zero-order valence-corrected chi connectivity index (χ0v) is 20.1. The number of rotatable bonds is 4. The third kappa shape index (κ3) is 4.29. The number of para-hydroxylation sites is 1. The monoisotopic (exact) mass is 501 g/mol. The molecule has 2 aliphatic rings. The Morgan fingerprint density at radius 2 is 1.78 bits per heavy atom. The summed E-state index contributed by atoms with van der Waals surface area (Å²) in [6, 6.07) is 9.83. The number of amides is 2. The summed E-state index contributed by atoms with van der Waals surface area (Å²) in [5, 5.41) is 0. The van der Waals surface area contributed by atoms with Gasteiger partial charge in [0.2, 0.25) is 0 Å². The molecule has 0 N–H and O–H groups in total. The van der Waals surface area contributed by atoms with Crippen LogP contribution < -0.4 is 9.80 Å². The molecule has 190 valence electrons. The molecule has 5 rings (SSSR count). The normalized spacial score (nSPS) is 17.1. The van der Waals surface area contributed by atoms with Gasteiger partial charge < -0.3 is 14.4 Å². The van der Waals surface area contributed by atoms with Gasteiger partial charge in [-0.25, -0.2) is 14.2 Å². The number of halogens is 4. The van der Waals surface area contributed by atoms with Gasteiger partial charge in [0.05, 0.1) is 36.4 Å². The second-order valence-electron chi connectivity index (χ2n) is 9.40. The zero-order valence-electron chi connectivity index (χ0n) is 20.1. The third-order valence-electron chi connectivity index (χ3n) is 7.15. The number of hydrogen-bond acceptors (Lipinski definition) is 3. The Hall–Kier alpha value is -3.56. The van der Waals surface area contributed by atoms with Gasteiger partial charge in [-0.15, -0.1) is 0 Å². The molecule has 0 unspecified atom stereocenters. The van der Waals surface area contributed by atoms with E-state index in [1.165, 1.54) is 29.2 Å². The number of aromatic nitrogens is 2. The Bertz CT molecular complexity index is 1260. The molecule has 0 saturated carbocycles. The maximum Gasteiger partial charge on any atom is 0.416 e. The van der Waals surface area contributed by atoms with Crippen LogP contribution in [0.15, 0.2) is 48.8 Å². The van der Waals surface area contributed by atoms with E-state index >= 15 is 0 Å². The first-order valence-electron chi connectivity index (χ1n) is 11.9. The van der Waals surface area contributed by atoms with Crippen LogP contribution in [0.4, 0.5) is 33.9 Å². The Labute approximate surface area is 206 Å². The summed E-state index contributed by atoms with van der Waals surface area (Å²) in [4.78, 5) is 23.1. The Morgan fingerprint density at radius 3 is 2.47 bits per heavy atom. The van der Waals surface area contributed by atoms with E-state index in [0.717, 1.165) is 17.3 Å². The van der Waals surface area contributed by atoms with Gasteiger partial charge in [0, 0.05) is 26.2 Å². The number of nitrogens with zero attached hydrogens (tertiary/aromatic N) is 5.